The van der Waals surface area contributed by atoms with Gasteiger partial charge in [-0.05, 0) is 53.6 Å². The van der Waals surface area contributed by atoms with E-state index in [2.05, 4.69) is 10.3 Å². The number of hydrogen-bond donors (Lipinski definition) is 1. The summed E-state index contributed by atoms with van der Waals surface area (Å²) in [5.41, 5.74) is -4.08. The number of amides is 1. The molecule has 1 heterocycles. The number of carbonyl (C=O) groups excluding carboxylic acids is 1. The standard InChI is InChI=1S/C30H20ClF9N2O2/c31-20-7-9-25(41-15-20)28(14-17-4-2-1-3-5-17,42-26(43)18-6-8-24(33)23(10-18)30(38,39)40)19-11-21(32)13-22(12-19)44-16-29(36,37)27(34)35/h1-13,15,27H,14,16H2,(H,42,43)/t28-/m0/s1. The number of aromatic nitrogens is 1. The van der Waals surface area contributed by atoms with E-state index >= 15 is 4.39 Å². The maximum atomic E-state index is 15.0. The second-order valence-corrected chi connectivity index (χ2v) is 10.0. The molecule has 0 aliphatic heterocycles. The molecule has 44 heavy (non-hydrogen) atoms. The van der Waals surface area contributed by atoms with Crippen molar-refractivity contribution >= 4 is 17.5 Å². The fourth-order valence-corrected chi connectivity index (χ4v) is 4.45. The van der Waals surface area contributed by atoms with Crippen molar-refractivity contribution in [3.05, 3.63) is 130 Å². The molecule has 0 aliphatic rings. The Labute approximate surface area is 249 Å². The van der Waals surface area contributed by atoms with E-state index in [-0.39, 0.29) is 22.7 Å². The van der Waals surface area contributed by atoms with Gasteiger partial charge in [0, 0.05) is 24.2 Å². The fraction of sp³-hybridized carbons (Fsp3) is 0.200. The molecule has 0 unspecified atom stereocenters. The summed E-state index contributed by atoms with van der Waals surface area (Å²) in [7, 11) is 0. The van der Waals surface area contributed by atoms with Gasteiger partial charge >= 0.3 is 18.5 Å². The molecular weight excluding hydrogens is 627 g/mol. The van der Waals surface area contributed by atoms with Gasteiger partial charge in [-0.3, -0.25) is 9.78 Å². The molecule has 0 saturated heterocycles. The molecule has 4 nitrogen and oxygen atoms in total. The number of hydrogen-bond acceptors (Lipinski definition) is 3. The Morgan fingerprint density at radius 3 is 2.23 bits per heavy atom. The SMILES string of the molecule is O=C(N[C@@](Cc1ccccc1)(c1cc(F)cc(OCC(F)(F)C(F)F)c1)c1ccc(Cl)cn1)c1ccc(F)c(C(F)(F)F)c1. The molecule has 4 rings (SSSR count). The van der Waals surface area contributed by atoms with Crippen LogP contribution in [0.1, 0.15) is 32.7 Å². The molecule has 0 saturated carbocycles. The number of halogens is 10. The molecule has 232 valence electrons. The van der Waals surface area contributed by atoms with Crippen LogP contribution in [0, 0.1) is 11.6 Å². The van der Waals surface area contributed by atoms with Gasteiger partial charge in [0.1, 0.15) is 22.9 Å². The Morgan fingerprint density at radius 1 is 0.909 bits per heavy atom. The minimum absolute atomic E-state index is 0.0354. The number of alkyl halides is 7. The predicted molar refractivity (Wildman–Crippen MR) is 142 cm³/mol. The first-order valence-corrected chi connectivity index (χ1v) is 12.9. The number of nitrogens with zero attached hydrogens (tertiary/aromatic N) is 1. The number of ether oxygens (including phenoxy) is 1. The maximum Gasteiger partial charge on any atom is 0.419 e. The van der Waals surface area contributed by atoms with Gasteiger partial charge in [-0.15, -0.1) is 0 Å². The van der Waals surface area contributed by atoms with Crippen LogP contribution in [0.3, 0.4) is 0 Å². The van der Waals surface area contributed by atoms with Crippen LogP contribution in [0.25, 0.3) is 0 Å². The Balaban J connectivity index is 1.91. The molecule has 0 aliphatic carbocycles. The van der Waals surface area contributed by atoms with Crippen molar-refractivity contribution in [2.24, 2.45) is 0 Å². The first-order valence-electron chi connectivity index (χ1n) is 12.6. The van der Waals surface area contributed by atoms with Gasteiger partial charge in [0.15, 0.2) is 6.61 Å². The summed E-state index contributed by atoms with van der Waals surface area (Å²) in [6.45, 7) is -1.82. The van der Waals surface area contributed by atoms with E-state index in [0.717, 1.165) is 18.2 Å². The maximum absolute atomic E-state index is 15.0. The van der Waals surface area contributed by atoms with Gasteiger partial charge in [-0.2, -0.15) is 22.0 Å². The highest BCUT2D eigenvalue weighted by atomic mass is 35.5. The summed E-state index contributed by atoms with van der Waals surface area (Å²) in [4.78, 5) is 17.8. The van der Waals surface area contributed by atoms with E-state index in [1.165, 1.54) is 18.3 Å². The number of carbonyl (C=O) groups is 1. The lowest BCUT2D eigenvalue weighted by atomic mass is 9.80. The smallest absolute Gasteiger partial charge is 0.419 e. The van der Waals surface area contributed by atoms with Crippen molar-refractivity contribution in [3.8, 4) is 5.75 Å². The lowest BCUT2D eigenvalue weighted by Crippen LogP contribution is -2.49. The molecule has 0 spiro atoms. The minimum atomic E-state index is -5.14. The normalized spacial score (nSPS) is 13.4. The molecule has 0 radical (unpaired) electrons. The van der Waals surface area contributed by atoms with Crippen LogP contribution >= 0.6 is 11.6 Å². The van der Waals surface area contributed by atoms with Crippen molar-refractivity contribution in [1.82, 2.24) is 10.3 Å². The van der Waals surface area contributed by atoms with Crippen LogP contribution < -0.4 is 10.1 Å². The van der Waals surface area contributed by atoms with Gasteiger partial charge < -0.3 is 10.1 Å². The van der Waals surface area contributed by atoms with Crippen LogP contribution in [0.4, 0.5) is 39.5 Å². The Kier molecular flexibility index (Phi) is 9.47. The Morgan fingerprint density at radius 2 is 1.61 bits per heavy atom. The third-order valence-corrected chi connectivity index (χ3v) is 6.68. The molecule has 14 heteroatoms. The van der Waals surface area contributed by atoms with E-state index in [0.29, 0.717) is 23.8 Å². The van der Waals surface area contributed by atoms with E-state index in [1.54, 1.807) is 30.3 Å². The molecular formula is C30H20ClF9N2O2. The first kappa shape index (κ1) is 32.6. The molecule has 1 aromatic heterocycles. The van der Waals surface area contributed by atoms with Gasteiger partial charge in [0.05, 0.1) is 16.3 Å². The van der Waals surface area contributed by atoms with E-state index in [4.69, 9.17) is 16.3 Å². The van der Waals surface area contributed by atoms with Crippen molar-refractivity contribution in [2.45, 2.75) is 30.5 Å². The summed E-state index contributed by atoms with van der Waals surface area (Å²) < 4.78 is 127. The van der Waals surface area contributed by atoms with Crippen LogP contribution in [0.5, 0.6) is 5.75 Å². The molecule has 1 amide bonds. The van der Waals surface area contributed by atoms with E-state index in [9.17, 15) is 39.9 Å². The topological polar surface area (TPSA) is 51.2 Å². The van der Waals surface area contributed by atoms with Crippen LogP contribution in [0.2, 0.25) is 5.02 Å². The fourth-order valence-electron chi connectivity index (χ4n) is 4.34. The third kappa shape index (κ3) is 7.44. The summed E-state index contributed by atoms with van der Waals surface area (Å²) in [5, 5.41) is 2.70. The van der Waals surface area contributed by atoms with Gasteiger partial charge in [-0.1, -0.05) is 41.9 Å². The zero-order chi connectivity index (χ0) is 32.3. The minimum Gasteiger partial charge on any atom is -0.487 e. The first-order chi connectivity index (χ1) is 20.6. The molecule has 1 atom stereocenters. The number of rotatable bonds is 10. The van der Waals surface area contributed by atoms with Crippen LogP contribution in [0.15, 0.2) is 85.1 Å². The third-order valence-electron chi connectivity index (χ3n) is 6.45. The largest absolute Gasteiger partial charge is 0.487 e. The Bertz CT molecular complexity index is 1620. The zero-order valence-electron chi connectivity index (χ0n) is 22.1. The van der Waals surface area contributed by atoms with Crippen LogP contribution in [-0.4, -0.2) is 29.8 Å². The van der Waals surface area contributed by atoms with E-state index < -0.39 is 65.1 Å². The van der Waals surface area contributed by atoms with Crippen LogP contribution in [-0.2, 0) is 18.1 Å². The Hall–Kier alpha value is -4.26. The lowest BCUT2D eigenvalue weighted by Gasteiger charge is -2.36. The highest BCUT2D eigenvalue weighted by Gasteiger charge is 2.43. The molecule has 1 N–H and O–H groups in total. The number of pyridine rings is 1. The van der Waals surface area contributed by atoms with Gasteiger partial charge in [-0.25, -0.2) is 17.6 Å². The van der Waals surface area contributed by atoms with Crippen molar-refractivity contribution in [1.29, 1.82) is 0 Å². The summed E-state index contributed by atoms with van der Waals surface area (Å²) >= 11 is 6.00. The van der Waals surface area contributed by atoms with E-state index in [1.807, 2.05) is 0 Å². The summed E-state index contributed by atoms with van der Waals surface area (Å²) in [6.07, 6.45) is -8.31. The molecule has 0 fully saturated rings. The van der Waals surface area contributed by atoms with Gasteiger partial charge in [0.2, 0.25) is 0 Å². The summed E-state index contributed by atoms with van der Waals surface area (Å²) in [6, 6.07) is 14.9. The van der Waals surface area contributed by atoms with Crippen molar-refractivity contribution < 1.29 is 49.0 Å². The predicted octanol–water partition coefficient (Wildman–Crippen LogP) is 8.23. The quantitative estimate of drug-likeness (QED) is 0.177. The molecule has 0 bridgehead atoms. The average molecular weight is 647 g/mol. The van der Waals surface area contributed by atoms with Crippen molar-refractivity contribution in [2.75, 3.05) is 6.61 Å². The highest BCUT2D eigenvalue weighted by molar-refractivity contribution is 6.30. The lowest BCUT2D eigenvalue weighted by molar-refractivity contribution is -0.148. The van der Waals surface area contributed by atoms with Crippen molar-refractivity contribution in [3.63, 3.8) is 0 Å². The highest BCUT2D eigenvalue weighted by Crippen LogP contribution is 2.37. The zero-order valence-corrected chi connectivity index (χ0v) is 22.9. The second-order valence-electron chi connectivity index (χ2n) is 9.60. The second kappa shape index (κ2) is 12.8. The number of nitrogens with one attached hydrogen (secondary N) is 1. The number of benzene rings is 3. The molecule has 3 aromatic carbocycles. The monoisotopic (exact) mass is 646 g/mol. The molecule has 4 aromatic rings. The van der Waals surface area contributed by atoms with Gasteiger partial charge in [0.25, 0.3) is 5.91 Å². The average Bonchev–Trinajstić information content (AvgIpc) is 2.96. The summed E-state index contributed by atoms with van der Waals surface area (Å²) in [5.74, 6) is -9.12.